The van der Waals surface area contributed by atoms with Gasteiger partial charge in [-0.1, -0.05) is 43.6 Å². The summed E-state index contributed by atoms with van der Waals surface area (Å²) in [6.07, 6.45) is 2.58. The first-order valence-electron chi connectivity index (χ1n) is 8.65. The molecule has 0 atom stereocenters. The molecule has 1 aromatic heterocycles. The molecule has 5 heteroatoms. The maximum Gasteiger partial charge on any atom is 0.223 e. The van der Waals surface area contributed by atoms with E-state index in [1.807, 2.05) is 41.4 Å². The quantitative estimate of drug-likeness (QED) is 0.669. The fourth-order valence-corrected chi connectivity index (χ4v) is 2.92. The number of ether oxygens (including phenoxy) is 1. The number of halogens is 1. The molecule has 0 spiro atoms. The molecule has 0 N–H and O–H groups in total. The summed E-state index contributed by atoms with van der Waals surface area (Å²) in [7, 11) is 1.66. The van der Waals surface area contributed by atoms with E-state index in [1.165, 1.54) is 0 Å². The summed E-state index contributed by atoms with van der Waals surface area (Å²) in [5, 5.41) is 0.759. The maximum atomic E-state index is 12.5. The lowest BCUT2D eigenvalue weighted by atomic mass is 10.1. The van der Waals surface area contributed by atoms with Crippen LogP contribution in [0.4, 0.5) is 0 Å². The first-order chi connectivity index (χ1) is 12.0. The number of methoxy groups -OCH3 is 1. The Morgan fingerprint density at radius 3 is 2.68 bits per heavy atom. The van der Waals surface area contributed by atoms with Crippen molar-refractivity contribution in [2.75, 3.05) is 20.3 Å². The summed E-state index contributed by atoms with van der Waals surface area (Å²) < 4.78 is 7.31. The topological polar surface area (TPSA) is 34.5 Å². The van der Waals surface area contributed by atoms with Gasteiger partial charge in [-0.3, -0.25) is 4.79 Å². The monoisotopic (exact) mass is 362 g/mol. The number of amides is 1. The molecule has 1 heterocycles. The van der Waals surface area contributed by atoms with E-state index in [9.17, 15) is 4.79 Å². The zero-order valence-electron chi connectivity index (χ0n) is 15.2. The second kappa shape index (κ2) is 9.64. The predicted molar refractivity (Wildman–Crippen MR) is 102 cm³/mol. The zero-order valence-corrected chi connectivity index (χ0v) is 16.0. The van der Waals surface area contributed by atoms with Gasteiger partial charge >= 0.3 is 0 Å². The van der Waals surface area contributed by atoms with E-state index in [-0.39, 0.29) is 5.91 Å². The van der Waals surface area contributed by atoms with Crippen LogP contribution in [0.2, 0.25) is 5.02 Å². The number of hydrogen-bond acceptors (Lipinski definition) is 2. The van der Waals surface area contributed by atoms with Crippen molar-refractivity contribution in [3.8, 4) is 0 Å². The molecule has 1 amide bonds. The lowest BCUT2D eigenvalue weighted by Crippen LogP contribution is -2.34. The van der Waals surface area contributed by atoms with Crippen molar-refractivity contribution in [2.45, 2.75) is 33.4 Å². The van der Waals surface area contributed by atoms with Crippen molar-refractivity contribution in [2.24, 2.45) is 5.92 Å². The molecule has 0 aliphatic rings. The molecule has 0 saturated heterocycles. The predicted octanol–water partition coefficient (Wildman–Crippen LogP) is 4.21. The Labute approximate surface area is 155 Å². The number of hydrogen-bond donors (Lipinski definition) is 0. The number of rotatable bonds is 9. The number of benzene rings is 1. The highest BCUT2D eigenvalue weighted by molar-refractivity contribution is 6.31. The van der Waals surface area contributed by atoms with Gasteiger partial charge in [-0.2, -0.15) is 0 Å². The minimum atomic E-state index is 0.164. The van der Waals surface area contributed by atoms with Gasteiger partial charge in [0.2, 0.25) is 5.91 Å². The lowest BCUT2D eigenvalue weighted by molar-refractivity contribution is -0.133. The average molecular weight is 363 g/mol. The normalized spacial score (nSPS) is 11.1. The highest BCUT2D eigenvalue weighted by Crippen LogP contribution is 2.18. The Bertz CT molecular complexity index is 682. The Kier molecular flexibility index (Phi) is 7.53. The summed E-state index contributed by atoms with van der Waals surface area (Å²) in [4.78, 5) is 14.4. The molecular weight excluding hydrogens is 336 g/mol. The van der Waals surface area contributed by atoms with Gasteiger partial charge in [0.15, 0.2) is 0 Å². The highest BCUT2D eigenvalue weighted by Gasteiger charge is 2.17. The van der Waals surface area contributed by atoms with Gasteiger partial charge in [-0.05, 0) is 29.7 Å². The molecule has 0 aliphatic heterocycles. The number of nitrogens with zero attached hydrogens (tertiary/aromatic N) is 2. The SMILES string of the molecule is COCCN(Cc1cccn1Cc1ccccc1Cl)C(=O)CC(C)C. The Hall–Kier alpha value is -1.78. The fraction of sp³-hybridized carbons (Fsp3) is 0.450. The Morgan fingerprint density at radius 2 is 2.00 bits per heavy atom. The fourth-order valence-electron chi connectivity index (χ4n) is 2.72. The molecule has 2 rings (SSSR count). The van der Waals surface area contributed by atoms with Crippen LogP contribution in [-0.4, -0.2) is 35.6 Å². The first-order valence-corrected chi connectivity index (χ1v) is 9.03. The average Bonchev–Trinajstić information content (AvgIpc) is 2.99. The molecule has 0 unspecified atom stereocenters. The van der Waals surface area contributed by atoms with Gasteiger partial charge in [-0.25, -0.2) is 0 Å². The van der Waals surface area contributed by atoms with Crippen LogP contribution in [0.3, 0.4) is 0 Å². The number of carbonyl (C=O) groups excluding carboxylic acids is 1. The standard InChI is InChI=1S/C20H27ClN2O2/c1-16(2)13-20(24)23(11-12-25-3)15-18-8-6-10-22(18)14-17-7-4-5-9-19(17)21/h4-10,16H,11-15H2,1-3H3. The molecule has 1 aromatic carbocycles. The third kappa shape index (κ3) is 5.91. The van der Waals surface area contributed by atoms with Crippen LogP contribution >= 0.6 is 11.6 Å². The molecule has 0 bridgehead atoms. The Morgan fingerprint density at radius 1 is 1.24 bits per heavy atom. The third-order valence-electron chi connectivity index (χ3n) is 4.08. The summed E-state index contributed by atoms with van der Waals surface area (Å²) >= 11 is 6.28. The van der Waals surface area contributed by atoms with Crippen molar-refractivity contribution >= 4 is 17.5 Å². The molecule has 136 valence electrons. The molecule has 0 saturated carbocycles. The molecule has 4 nitrogen and oxygen atoms in total. The Balaban J connectivity index is 2.13. The summed E-state index contributed by atoms with van der Waals surface area (Å²) in [6, 6.07) is 11.9. The van der Waals surface area contributed by atoms with Gasteiger partial charge in [0, 0.05) is 43.5 Å². The van der Waals surface area contributed by atoms with Crippen molar-refractivity contribution in [3.63, 3.8) is 0 Å². The maximum absolute atomic E-state index is 12.5. The van der Waals surface area contributed by atoms with Crippen LogP contribution in [-0.2, 0) is 22.6 Å². The largest absolute Gasteiger partial charge is 0.383 e. The van der Waals surface area contributed by atoms with Crippen LogP contribution < -0.4 is 0 Å². The van der Waals surface area contributed by atoms with E-state index >= 15 is 0 Å². The van der Waals surface area contributed by atoms with Gasteiger partial charge in [0.05, 0.1) is 13.2 Å². The summed E-state index contributed by atoms with van der Waals surface area (Å²) in [6.45, 7) is 6.53. The molecular formula is C20H27ClN2O2. The van der Waals surface area contributed by atoms with E-state index in [1.54, 1.807) is 7.11 Å². The van der Waals surface area contributed by atoms with Gasteiger partial charge in [0.25, 0.3) is 0 Å². The van der Waals surface area contributed by atoms with Crippen molar-refractivity contribution in [3.05, 3.63) is 58.9 Å². The van der Waals surface area contributed by atoms with Gasteiger partial charge in [-0.15, -0.1) is 0 Å². The zero-order chi connectivity index (χ0) is 18.2. The van der Waals surface area contributed by atoms with E-state index in [0.717, 1.165) is 16.3 Å². The van der Waals surface area contributed by atoms with Crippen LogP contribution in [0, 0.1) is 5.92 Å². The summed E-state index contributed by atoms with van der Waals surface area (Å²) in [5.41, 5.74) is 2.16. The summed E-state index contributed by atoms with van der Waals surface area (Å²) in [5.74, 6) is 0.505. The molecule has 0 aliphatic carbocycles. The van der Waals surface area contributed by atoms with Crippen molar-refractivity contribution in [1.29, 1.82) is 0 Å². The third-order valence-corrected chi connectivity index (χ3v) is 4.44. The van der Waals surface area contributed by atoms with Crippen LogP contribution in [0.1, 0.15) is 31.5 Å². The minimum Gasteiger partial charge on any atom is -0.383 e. The van der Waals surface area contributed by atoms with E-state index in [2.05, 4.69) is 24.5 Å². The molecule has 2 aromatic rings. The van der Waals surface area contributed by atoms with Gasteiger partial charge in [0.1, 0.15) is 0 Å². The van der Waals surface area contributed by atoms with Crippen LogP contribution in [0.15, 0.2) is 42.6 Å². The van der Waals surface area contributed by atoms with E-state index in [0.29, 0.717) is 38.6 Å². The van der Waals surface area contributed by atoms with E-state index in [4.69, 9.17) is 16.3 Å². The first kappa shape index (κ1) is 19.5. The minimum absolute atomic E-state index is 0.164. The highest BCUT2D eigenvalue weighted by atomic mass is 35.5. The van der Waals surface area contributed by atoms with E-state index < -0.39 is 0 Å². The van der Waals surface area contributed by atoms with Crippen molar-refractivity contribution in [1.82, 2.24) is 9.47 Å². The lowest BCUT2D eigenvalue weighted by Gasteiger charge is -2.24. The molecule has 0 fully saturated rings. The van der Waals surface area contributed by atoms with Crippen molar-refractivity contribution < 1.29 is 9.53 Å². The molecule has 0 radical (unpaired) electrons. The van der Waals surface area contributed by atoms with Gasteiger partial charge < -0.3 is 14.2 Å². The second-order valence-corrected chi connectivity index (χ2v) is 7.03. The number of carbonyl (C=O) groups is 1. The smallest absolute Gasteiger partial charge is 0.223 e. The second-order valence-electron chi connectivity index (χ2n) is 6.62. The number of aromatic nitrogens is 1. The van der Waals surface area contributed by atoms with Crippen LogP contribution in [0.5, 0.6) is 0 Å². The van der Waals surface area contributed by atoms with Crippen LogP contribution in [0.25, 0.3) is 0 Å². The molecule has 25 heavy (non-hydrogen) atoms.